The van der Waals surface area contributed by atoms with E-state index in [0.29, 0.717) is 5.92 Å². The van der Waals surface area contributed by atoms with Crippen LogP contribution in [0.2, 0.25) is 0 Å². The second-order valence-corrected chi connectivity index (χ2v) is 3.39. The Bertz CT molecular complexity index is 145. The van der Waals surface area contributed by atoms with E-state index in [0.717, 1.165) is 5.92 Å². The van der Waals surface area contributed by atoms with E-state index in [4.69, 9.17) is 0 Å². The maximum atomic E-state index is 3.83. The SMILES string of the molecule is C=CC(C=C(C)C)C1CC1. The molecule has 1 aliphatic carbocycles. The van der Waals surface area contributed by atoms with Crippen molar-refractivity contribution in [2.45, 2.75) is 26.7 Å². The summed E-state index contributed by atoms with van der Waals surface area (Å²) < 4.78 is 0. The van der Waals surface area contributed by atoms with Crippen molar-refractivity contribution in [3.05, 3.63) is 24.3 Å². The van der Waals surface area contributed by atoms with Gasteiger partial charge in [0.1, 0.15) is 0 Å². The summed E-state index contributed by atoms with van der Waals surface area (Å²) in [5.41, 5.74) is 1.41. The van der Waals surface area contributed by atoms with Crippen LogP contribution in [0.1, 0.15) is 26.7 Å². The zero-order valence-electron chi connectivity index (χ0n) is 6.93. The molecule has 0 amide bonds. The van der Waals surface area contributed by atoms with Crippen LogP contribution in [0.3, 0.4) is 0 Å². The molecule has 0 nitrogen and oxygen atoms in total. The highest BCUT2D eigenvalue weighted by Crippen LogP contribution is 2.38. The van der Waals surface area contributed by atoms with Gasteiger partial charge in [-0.15, -0.1) is 6.58 Å². The molecular weight excluding hydrogens is 120 g/mol. The minimum atomic E-state index is 0.657. The summed E-state index contributed by atoms with van der Waals surface area (Å²) in [7, 11) is 0. The zero-order valence-corrected chi connectivity index (χ0v) is 6.93. The molecule has 0 bridgehead atoms. The standard InChI is InChI=1S/C10H16/c1-4-9(7-8(2)3)10-5-6-10/h4,7,9-10H,1,5-6H2,2-3H3. The number of rotatable bonds is 3. The van der Waals surface area contributed by atoms with Crippen molar-refractivity contribution in [3.8, 4) is 0 Å². The fourth-order valence-electron chi connectivity index (χ4n) is 1.26. The molecule has 1 saturated carbocycles. The Morgan fingerprint density at radius 1 is 1.50 bits per heavy atom. The van der Waals surface area contributed by atoms with E-state index in [2.05, 4.69) is 32.6 Å². The van der Waals surface area contributed by atoms with Gasteiger partial charge in [0.05, 0.1) is 0 Å². The van der Waals surface area contributed by atoms with Gasteiger partial charge in [-0.05, 0) is 38.5 Å². The van der Waals surface area contributed by atoms with Gasteiger partial charge in [0.15, 0.2) is 0 Å². The molecule has 0 aromatic heterocycles. The first-order valence-corrected chi connectivity index (χ1v) is 4.01. The predicted octanol–water partition coefficient (Wildman–Crippen LogP) is 3.16. The number of hydrogen-bond acceptors (Lipinski definition) is 0. The molecule has 0 heteroatoms. The average molecular weight is 136 g/mol. The molecule has 10 heavy (non-hydrogen) atoms. The highest BCUT2D eigenvalue weighted by Gasteiger charge is 2.27. The molecule has 0 spiro atoms. The zero-order chi connectivity index (χ0) is 7.56. The summed E-state index contributed by atoms with van der Waals surface area (Å²) in [5.74, 6) is 1.58. The Morgan fingerprint density at radius 2 is 2.10 bits per heavy atom. The lowest BCUT2D eigenvalue weighted by Crippen LogP contribution is -1.93. The molecule has 1 fully saturated rings. The third-order valence-electron chi connectivity index (χ3n) is 1.96. The van der Waals surface area contributed by atoms with Gasteiger partial charge in [-0.3, -0.25) is 0 Å². The quantitative estimate of drug-likeness (QED) is 0.523. The molecule has 0 aromatic carbocycles. The first kappa shape index (κ1) is 7.59. The molecule has 1 rings (SSSR count). The highest BCUT2D eigenvalue weighted by atomic mass is 14.3. The van der Waals surface area contributed by atoms with Crippen LogP contribution in [0.4, 0.5) is 0 Å². The van der Waals surface area contributed by atoms with Gasteiger partial charge in [-0.2, -0.15) is 0 Å². The third kappa shape index (κ3) is 2.02. The van der Waals surface area contributed by atoms with E-state index >= 15 is 0 Å². The van der Waals surface area contributed by atoms with Gasteiger partial charge >= 0.3 is 0 Å². The summed E-state index contributed by atoms with van der Waals surface area (Å²) in [4.78, 5) is 0. The van der Waals surface area contributed by atoms with Crippen LogP contribution >= 0.6 is 0 Å². The highest BCUT2D eigenvalue weighted by molar-refractivity contribution is 5.08. The molecule has 0 aromatic rings. The molecule has 0 saturated heterocycles. The van der Waals surface area contributed by atoms with Crippen molar-refractivity contribution >= 4 is 0 Å². The lowest BCUT2D eigenvalue weighted by Gasteiger charge is -2.04. The molecule has 1 unspecified atom stereocenters. The van der Waals surface area contributed by atoms with Crippen molar-refractivity contribution < 1.29 is 0 Å². The van der Waals surface area contributed by atoms with Crippen molar-refractivity contribution in [2.24, 2.45) is 11.8 Å². The monoisotopic (exact) mass is 136 g/mol. The first-order chi connectivity index (χ1) is 4.74. The van der Waals surface area contributed by atoms with Crippen molar-refractivity contribution in [1.82, 2.24) is 0 Å². The molecule has 1 atom stereocenters. The fourth-order valence-corrected chi connectivity index (χ4v) is 1.26. The van der Waals surface area contributed by atoms with Crippen LogP contribution in [0, 0.1) is 11.8 Å². The van der Waals surface area contributed by atoms with E-state index in [9.17, 15) is 0 Å². The minimum Gasteiger partial charge on any atom is -0.102 e. The maximum Gasteiger partial charge on any atom is -0.00254 e. The van der Waals surface area contributed by atoms with Crippen LogP contribution in [0.5, 0.6) is 0 Å². The summed E-state index contributed by atoms with van der Waals surface area (Å²) >= 11 is 0. The van der Waals surface area contributed by atoms with E-state index in [-0.39, 0.29) is 0 Å². The van der Waals surface area contributed by atoms with Gasteiger partial charge in [0.2, 0.25) is 0 Å². The topological polar surface area (TPSA) is 0 Å². The molecule has 1 aliphatic rings. The van der Waals surface area contributed by atoms with Gasteiger partial charge in [-0.25, -0.2) is 0 Å². The molecule has 0 N–H and O–H groups in total. The molecule has 56 valence electrons. The molecule has 0 radical (unpaired) electrons. The lowest BCUT2D eigenvalue weighted by atomic mass is 10.0. The van der Waals surface area contributed by atoms with Crippen LogP contribution in [0.15, 0.2) is 24.3 Å². The van der Waals surface area contributed by atoms with Crippen LogP contribution < -0.4 is 0 Å². The normalized spacial score (nSPS) is 19.8. The van der Waals surface area contributed by atoms with E-state index in [1.807, 2.05) is 0 Å². The van der Waals surface area contributed by atoms with Gasteiger partial charge < -0.3 is 0 Å². The fraction of sp³-hybridized carbons (Fsp3) is 0.600. The molecule has 0 aliphatic heterocycles. The van der Waals surface area contributed by atoms with Crippen LogP contribution in [-0.2, 0) is 0 Å². The molecule has 0 heterocycles. The van der Waals surface area contributed by atoms with Gasteiger partial charge in [-0.1, -0.05) is 17.7 Å². The van der Waals surface area contributed by atoms with Crippen molar-refractivity contribution in [3.63, 3.8) is 0 Å². The number of allylic oxidation sites excluding steroid dienone is 3. The second kappa shape index (κ2) is 3.05. The Kier molecular flexibility index (Phi) is 2.31. The third-order valence-corrected chi connectivity index (χ3v) is 1.96. The van der Waals surface area contributed by atoms with Crippen LogP contribution in [0.25, 0.3) is 0 Å². The average Bonchev–Trinajstić information content (AvgIpc) is 2.63. The summed E-state index contributed by atoms with van der Waals surface area (Å²) in [6.45, 7) is 8.13. The van der Waals surface area contributed by atoms with Crippen molar-refractivity contribution in [2.75, 3.05) is 0 Å². The second-order valence-electron chi connectivity index (χ2n) is 3.39. The van der Waals surface area contributed by atoms with Crippen molar-refractivity contribution in [1.29, 1.82) is 0 Å². The lowest BCUT2D eigenvalue weighted by molar-refractivity contribution is 0.691. The predicted molar refractivity (Wildman–Crippen MR) is 45.8 cm³/mol. The molecular formula is C10H16. The van der Waals surface area contributed by atoms with Gasteiger partial charge in [0.25, 0.3) is 0 Å². The van der Waals surface area contributed by atoms with E-state index in [1.165, 1.54) is 18.4 Å². The number of hydrogen-bond donors (Lipinski definition) is 0. The van der Waals surface area contributed by atoms with Gasteiger partial charge in [0, 0.05) is 0 Å². The first-order valence-electron chi connectivity index (χ1n) is 4.01. The smallest absolute Gasteiger partial charge is 0.00254 e. The largest absolute Gasteiger partial charge is 0.102 e. The Balaban J connectivity index is 2.47. The summed E-state index contributed by atoms with van der Waals surface area (Å²) in [5, 5.41) is 0. The summed E-state index contributed by atoms with van der Waals surface area (Å²) in [6.07, 6.45) is 7.20. The van der Waals surface area contributed by atoms with E-state index < -0.39 is 0 Å². The minimum absolute atomic E-state index is 0.657. The maximum absolute atomic E-state index is 3.83. The Morgan fingerprint density at radius 3 is 2.40 bits per heavy atom. The Hall–Kier alpha value is -0.520. The summed E-state index contributed by atoms with van der Waals surface area (Å²) in [6, 6.07) is 0. The van der Waals surface area contributed by atoms with Crippen LogP contribution in [-0.4, -0.2) is 0 Å². The van der Waals surface area contributed by atoms with E-state index in [1.54, 1.807) is 0 Å². The Labute approximate surface area is 63.6 Å².